The average molecular weight is 387 g/mol. The first-order chi connectivity index (χ1) is 8.97. The highest BCUT2D eigenvalue weighted by Gasteiger charge is 2.12. The molecule has 0 saturated heterocycles. The van der Waals surface area contributed by atoms with Crippen LogP contribution in [-0.4, -0.2) is 9.91 Å². The molecule has 0 fully saturated rings. The fourth-order valence-electron chi connectivity index (χ4n) is 1.53. The number of anilines is 2. The van der Waals surface area contributed by atoms with E-state index >= 15 is 0 Å². The third kappa shape index (κ3) is 3.30. The lowest BCUT2D eigenvalue weighted by atomic mass is 10.2. The van der Waals surface area contributed by atoms with E-state index in [2.05, 4.69) is 42.2 Å². The molecular formula is C12H9Br2N3O2. The number of nitrogens with one attached hydrogen (secondary N) is 1. The number of nitro groups is 1. The van der Waals surface area contributed by atoms with Crippen LogP contribution in [0.3, 0.4) is 0 Å². The summed E-state index contributed by atoms with van der Waals surface area (Å²) < 4.78 is 1.62. The van der Waals surface area contributed by atoms with Crippen LogP contribution in [0.15, 0.2) is 39.4 Å². The molecule has 2 rings (SSSR count). The smallest absolute Gasteiger partial charge is 0.274 e. The van der Waals surface area contributed by atoms with Crippen LogP contribution >= 0.6 is 31.9 Å². The minimum atomic E-state index is -0.398. The predicted molar refractivity (Wildman–Crippen MR) is 80.8 cm³/mol. The Morgan fingerprint density at radius 3 is 2.68 bits per heavy atom. The van der Waals surface area contributed by atoms with E-state index in [1.165, 1.54) is 6.07 Å². The molecule has 98 valence electrons. The van der Waals surface area contributed by atoms with Crippen LogP contribution in [0.25, 0.3) is 0 Å². The first-order valence-electron chi connectivity index (χ1n) is 5.30. The molecule has 1 heterocycles. The average Bonchev–Trinajstić information content (AvgIpc) is 2.34. The van der Waals surface area contributed by atoms with Crippen LogP contribution in [0.5, 0.6) is 0 Å². The summed E-state index contributed by atoms with van der Waals surface area (Å²) in [4.78, 5) is 14.7. The SMILES string of the molecule is Cc1ccc(Nc2ncc(Br)cc2Br)cc1[N+](=O)[O-]. The Morgan fingerprint density at radius 1 is 1.32 bits per heavy atom. The molecule has 0 aliphatic heterocycles. The third-order valence-electron chi connectivity index (χ3n) is 2.48. The van der Waals surface area contributed by atoms with E-state index < -0.39 is 4.92 Å². The second-order valence-corrected chi connectivity index (χ2v) is 5.64. The number of hydrogen-bond donors (Lipinski definition) is 1. The molecule has 1 aromatic heterocycles. The summed E-state index contributed by atoms with van der Waals surface area (Å²) in [6.45, 7) is 1.70. The quantitative estimate of drug-likeness (QED) is 0.619. The topological polar surface area (TPSA) is 68.1 Å². The Hall–Kier alpha value is -1.47. The van der Waals surface area contributed by atoms with Crippen molar-refractivity contribution in [1.29, 1.82) is 0 Å². The lowest BCUT2D eigenvalue weighted by Crippen LogP contribution is -1.97. The van der Waals surface area contributed by atoms with Gasteiger partial charge in [0.15, 0.2) is 0 Å². The maximum absolute atomic E-state index is 10.9. The number of aromatic nitrogens is 1. The Bertz CT molecular complexity index is 647. The summed E-state index contributed by atoms with van der Waals surface area (Å²) in [6, 6.07) is 6.81. The molecule has 0 saturated carbocycles. The van der Waals surface area contributed by atoms with Crippen LogP contribution < -0.4 is 5.32 Å². The Balaban J connectivity index is 2.33. The molecule has 0 spiro atoms. The van der Waals surface area contributed by atoms with Crippen molar-refractivity contribution in [2.75, 3.05) is 5.32 Å². The number of nitro benzene ring substituents is 1. The number of pyridine rings is 1. The van der Waals surface area contributed by atoms with Crippen LogP contribution in [-0.2, 0) is 0 Å². The number of benzene rings is 1. The van der Waals surface area contributed by atoms with E-state index in [-0.39, 0.29) is 5.69 Å². The van der Waals surface area contributed by atoms with Gasteiger partial charge in [-0.1, -0.05) is 6.07 Å². The molecule has 0 unspecified atom stereocenters. The molecule has 0 bridgehead atoms. The lowest BCUT2D eigenvalue weighted by molar-refractivity contribution is -0.385. The van der Waals surface area contributed by atoms with Gasteiger partial charge in [-0.15, -0.1) is 0 Å². The maximum atomic E-state index is 10.9. The van der Waals surface area contributed by atoms with Crippen LogP contribution in [0.1, 0.15) is 5.56 Å². The van der Waals surface area contributed by atoms with Crippen LogP contribution in [0, 0.1) is 17.0 Å². The molecule has 19 heavy (non-hydrogen) atoms. The second-order valence-electron chi connectivity index (χ2n) is 3.87. The van der Waals surface area contributed by atoms with Crippen molar-refractivity contribution >= 4 is 49.1 Å². The van der Waals surface area contributed by atoms with Gasteiger partial charge >= 0.3 is 0 Å². The third-order valence-corrected chi connectivity index (χ3v) is 3.51. The first-order valence-corrected chi connectivity index (χ1v) is 6.89. The monoisotopic (exact) mass is 385 g/mol. The Kier molecular flexibility index (Phi) is 4.16. The highest BCUT2D eigenvalue weighted by atomic mass is 79.9. The highest BCUT2D eigenvalue weighted by molar-refractivity contribution is 9.11. The largest absolute Gasteiger partial charge is 0.339 e. The summed E-state index contributed by atoms with van der Waals surface area (Å²) in [5.74, 6) is 0.598. The lowest BCUT2D eigenvalue weighted by Gasteiger charge is -2.08. The number of aryl methyl sites for hydroxylation is 1. The molecule has 1 N–H and O–H groups in total. The maximum Gasteiger partial charge on any atom is 0.274 e. The zero-order valence-electron chi connectivity index (χ0n) is 9.85. The Labute approximate surface area is 126 Å². The minimum absolute atomic E-state index is 0.0817. The van der Waals surface area contributed by atoms with Gasteiger partial charge in [-0.3, -0.25) is 10.1 Å². The van der Waals surface area contributed by atoms with Crippen molar-refractivity contribution in [3.05, 3.63) is 55.1 Å². The molecule has 7 heteroatoms. The van der Waals surface area contributed by atoms with Gasteiger partial charge in [-0.25, -0.2) is 4.98 Å². The summed E-state index contributed by atoms with van der Waals surface area (Å²) in [5.41, 5.74) is 1.32. The van der Waals surface area contributed by atoms with E-state index in [9.17, 15) is 10.1 Å². The van der Waals surface area contributed by atoms with E-state index in [0.29, 0.717) is 17.1 Å². The van der Waals surface area contributed by atoms with E-state index in [1.54, 1.807) is 25.3 Å². The summed E-state index contributed by atoms with van der Waals surface area (Å²) in [7, 11) is 0. The van der Waals surface area contributed by atoms with Crippen molar-refractivity contribution in [2.24, 2.45) is 0 Å². The van der Waals surface area contributed by atoms with Gasteiger partial charge in [0, 0.05) is 28.0 Å². The summed E-state index contributed by atoms with van der Waals surface area (Å²) >= 11 is 6.69. The first kappa shape index (κ1) is 14.0. The predicted octanol–water partition coefficient (Wildman–Crippen LogP) is 4.57. The summed E-state index contributed by atoms with van der Waals surface area (Å²) in [6.07, 6.45) is 1.65. The number of rotatable bonds is 3. The molecule has 5 nitrogen and oxygen atoms in total. The number of nitrogens with zero attached hydrogens (tertiary/aromatic N) is 2. The van der Waals surface area contributed by atoms with Crippen LogP contribution in [0.4, 0.5) is 17.2 Å². The minimum Gasteiger partial charge on any atom is -0.339 e. The van der Waals surface area contributed by atoms with E-state index in [1.807, 2.05) is 6.07 Å². The second kappa shape index (κ2) is 5.66. The fourth-order valence-corrected chi connectivity index (χ4v) is 2.61. The van der Waals surface area contributed by atoms with Gasteiger partial charge in [0.1, 0.15) is 5.82 Å². The zero-order chi connectivity index (χ0) is 14.0. The van der Waals surface area contributed by atoms with Crippen molar-refractivity contribution in [2.45, 2.75) is 6.92 Å². The van der Waals surface area contributed by atoms with Crippen molar-refractivity contribution in [1.82, 2.24) is 4.98 Å². The van der Waals surface area contributed by atoms with Gasteiger partial charge in [-0.2, -0.15) is 0 Å². The molecule has 0 aliphatic rings. The molecule has 2 aromatic rings. The molecule has 0 amide bonds. The molecular weight excluding hydrogens is 378 g/mol. The molecule has 0 aliphatic carbocycles. The van der Waals surface area contributed by atoms with E-state index in [4.69, 9.17) is 0 Å². The van der Waals surface area contributed by atoms with E-state index in [0.717, 1.165) is 8.95 Å². The standard InChI is InChI=1S/C12H9Br2N3O2/c1-7-2-3-9(5-11(7)17(18)19)16-12-10(14)4-8(13)6-15-12/h2-6H,1H3,(H,15,16). The van der Waals surface area contributed by atoms with Crippen molar-refractivity contribution in [3.63, 3.8) is 0 Å². The van der Waals surface area contributed by atoms with Gasteiger partial charge in [0.05, 0.1) is 9.40 Å². The van der Waals surface area contributed by atoms with Gasteiger partial charge in [-0.05, 0) is 50.9 Å². The Morgan fingerprint density at radius 2 is 2.05 bits per heavy atom. The number of halogens is 2. The molecule has 0 atom stereocenters. The van der Waals surface area contributed by atoms with Gasteiger partial charge < -0.3 is 5.32 Å². The molecule has 1 aromatic carbocycles. The van der Waals surface area contributed by atoms with Crippen molar-refractivity contribution in [3.8, 4) is 0 Å². The highest BCUT2D eigenvalue weighted by Crippen LogP contribution is 2.28. The van der Waals surface area contributed by atoms with Crippen LogP contribution in [0.2, 0.25) is 0 Å². The van der Waals surface area contributed by atoms with Crippen molar-refractivity contribution < 1.29 is 4.92 Å². The number of hydrogen-bond acceptors (Lipinski definition) is 4. The molecule has 0 radical (unpaired) electrons. The van der Waals surface area contributed by atoms with Gasteiger partial charge in [0.25, 0.3) is 5.69 Å². The van der Waals surface area contributed by atoms with Gasteiger partial charge in [0.2, 0.25) is 0 Å². The zero-order valence-corrected chi connectivity index (χ0v) is 13.0. The fraction of sp³-hybridized carbons (Fsp3) is 0.0833. The normalized spacial score (nSPS) is 10.3. The summed E-state index contributed by atoms with van der Waals surface area (Å²) in [5, 5.41) is 13.9.